The molecule has 25 heavy (non-hydrogen) atoms. The smallest absolute Gasteiger partial charge is 0.133 e. The molecular weight excluding hydrogens is 353 g/mol. The number of anilines is 1. The van der Waals surface area contributed by atoms with Gasteiger partial charge in [0.15, 0.2) is 0 Å². The van der Waals surface area contributed by atoms with Gasteiger partial charge in [0.25, 0.3) is 0 Å². The first kappa shape index (κ1) is 16.5. The van der Waals surface area contributed by atoms with Gasteiger partial charge in [0, 0.05) is 28.6 Å². The van der Waals surface area contributed by atoms with Crippen LogP contribution in [0.15, 0.2) is 42.5 Å². The lowest BCUT2D eigenvalue weighted by molar-refractivity contribution is 0.839. The van der Waals surface area contributed by atoms with Gasteiger partial charge in [-0.15, -0.1) is 0 Å². The van der Waals surface area contributed by atoms with Crippen LogP contribution in [0.1, 0.15) is 29.3 Å². The summed E-state index contributed by atoms with van der Waals surface area (Å²) >= 11 is 12.4. The van der Waals surface area contributed by atoms with Crippen molar-refractivity contribution in [3.8, 4) is 5.69 Å². The molecule has 128 valence electrons. The summed E-state index contributed by atoms with van der Waals surface area (Å²) < 4.78 is 2.01. The van der Waals surface area contributed by atoms with Gasteiger partial charge in [-0.3, -0.25) is 0 Å². The number of hydrogen-bond donors (Lipinski definition) is 1. The van der Waals surface area contributed by atoms with E-state index in [4.69, 9.17) is 28.3 Å². The average Bonchev–Trinajstić information content (AvgIpc) is 3.21. The molecule has 3 aromatic rings. The predicted octanol–water partition coefficient (Wildman–Crippen LogP) is 5.30. The molecule has 3 nitrogen and oxygen atoms in total. The number of aromatic nitrogens is 2. The highest BCUT2D eigenvalue weighted by molar-refractivity contribution is 6.35. The van der Waals surface area contributed by atoms with E-state index in [2.05, 4.69) is 36.5 Å². The Morgan fingerprint density at radius 2 is 1.92 bits per heavy atom. The van der Waals surface area contributed by atoms with Crippen LogP contribution in [0.4, 0.5) is 5.82 Å². The van der Waals surface area contributed by atoms with Crippen molar-refractivity contribution in [2.24, 2.45) is 0 Å². The normalized spacial score (nSPS) is 12.9. The Kier molecular flexibility index (Phi) is 4.45. The number of nitrogens with one attached hydrogen (secondary N) is 1. The van der Waals surface area contributed by atoms with Crippen LogP contribution in [0.3, 0.4) is 0 Å². The highest BCUT2D eigenvalue weighted by Gasteiger charge is 2.23. The number of halogens is 2. The topological polar surface area (TPSA) is 29.9 Å². The molecule has 1 aromatic heterocycles. The van der Waals surface area contributed by atoms with Crippen LogP contribution < -0.4 is 5.32 Å². The lowest BCUT2D eigenvalue weighted by atomic mass is 10.1. The fourth-order valence-corrected chi connectivity index (χ4v) is 3.77. The molecule has 0 saturated heterocycles. The van der Waals surface area contributed by atoms with E-state index in [0.29, 0.717) is 16.5 Å². The number of aryl methyl sites for hydroxylation is 1. The Hall–Kier alpha value is -1.97. The predicted molar refractivity (Wildman–Crippen MR) is 104 cm³/mol. The molecule has 5 heteroatoms. The van der Waals surface area contributed by atoms with Crippen molar-refractivity contribution in [1.29, 1.82) is 0 Å². The Balaban J connectivity index is 1.72. The summed E-state index contributed by atoms with van der Waals surface area (Å²) in [6.45, 7) is 3.11. The van der Waals surface area contributed by atoms with E-state index in [1.54, 1.807) is 6.07 Å². The molecule has 0 spiro atoms. The van der Waals surface area contributed by atoms with Crippen molar-refractivity contribution in [2.75, 3.05) is 11.9 Å². The van der Waals surface area contributed by atoms with Gasteiger partial charge in [-0.25, -0.2) is 4.68 Å². The van der Waals surface area contributed by atoms with E-state index in [1.165, 1.54) is 11.1 Å². The average molecular weight is 372 g/mol. The minimum absolute atomic E-state index is 0.655. The summed E-state index contributed by atoms with van der Waals surface area (Å²) in [7, 11) is 0. The number of nitrogens with zero attached hydrogens (tertiary/aromatic N) is 2. The molecule has 0 unspecified atom stereocenters. The Labute approximate surface area is 157 Å². The summed E-state index contributed by atoms with van der Waals surface area (Å²) in [4.78, 5) is 0. The maximum atomic E-state index is 6.35. The van der Waals surface area contributed by atoms with Gasteiger partial charge >= 0.3 is 0 Å². The number of hydrogen-bond acceptors (Lipinski definition) is 2. The number of rotatable bonds is 4. The third-order valence-corrected chi connectivity index (χ3v) is 5.28. The van der Waals surface area contributed by atoms with Crippen molar-refractivity contribution in [1.82, 2.24) is 9.78 Å². The van der Waals surface area contributed by atoms with Crippen LogP contribution in [0.5, 0.6) is 0 Å². The van der Waals surface area contributed by atoms with Gasteiger partial charge in [0.05, 0.1) is 11.4 Å². The molecule has 0 bridgehead atoms. The second-order valence-corrected chi connectivity index (χ2v) is 7.14. The quantitative estimate of drug-likeness (QED) is 0.674. The molecule has 2 aromatic carbocycles. The highest BCUT2D eigenvalue weighted by Crippen LogP contribution is 2.31. The first-order valence-corrected chi connectivity index (χ1v) is 9.29. The first-order valence-electron chi connectivity index (χ1n) is 8.53. The van der Waals surface area contributed by atoms with Crippen LogP contribution in [0.25, 0.3) is 5.69 Å². The molecule has 0 saturated carbocycles. The van der Waals surface area contributed by atoms with Crippen LogP contribution in [0.2, 0.25) is 10.0 Å². The van der Waals surface area contributed by atoms with Crippen molar-refractivity contribution in [3.05, 3.63) is 74.9 Å². The fourth-order valence-electron chi connectivity index (χ4n) is 3.29. The zero-order chi connectivity index (χ0) is 17.4. The largest absolute Gasteiger partial charge is 0.369 e. The molecule has 0 radical (unpaired) electrons. The Bertz CT molecular complexity index is 913. The molecule has 4 rings (SSSR count). The summed E-state index contributed by atoms with van der Waals surface area (Å²) in [6, 6.07) is 14.2. The number of fused-ring (bicyclic) bond motifs is 1. The van der Waals surface area contributed by atoms with E-state index in [-0.39, 0.29) is 0 Å². The van der Waals surface area contributed by atoms with Gasteiger partial charge in [-0.2, -0.15) is 5.10 Å². The van der Waals surface area contributed by atoms with Gasteiger partial charge in [0.1, 0.15) is 5.82 Å². The van der Waals surface area contributed by atoms with E-state index < -0.39 is 0 Å². The van der Waals surface area contributed by atoms with Crippen molar-refractivity contribution in [2.45, 2.75) is 26.2 Å². The molecule has 2 heterocycles. The maximum Gasteiger partial charge on any atom is 0.133 e. The highest BCUT2D eigenvalue weighted by atomic mass is 35.5. The second-order valence-electron chi connectivity index (χ2n) is 6.29. The van der Waals surface area contributed by atoms with Gasteiger partial charge in [0.2, 0.25) is 0 Å². The zero-order valence-electron chi connectivity index (χ0n) is 14.0. The molecule has 1 N–H and O–H groups in total. The van der Waals surface area contributed by atoms with Gasteiger partial charge < -0.3 is 5.32 Å². The van der Waals surface area contributed by atoms with E-state index in [1.807, 2.05) is 16.8 Å². The third-order valence-electron chi connectivity index (χ3n) is 4.70. The monoisotopic (exact) mass is 371 g/mol. The van der Waals surface area contributed by atoms with Crippen molar-refractivity contribution in [3.63, 3.8) is 0 Å². The molecule has 0 amide bonds. The lowest BCUT2D eigenvalue weighted by Crippen LogP contribution is -2.05. The van der Waals surface area contributed by atoms with E-state index >= 15 is 0 Å². The van der Waals surface area contributed by atoms with Crippen LogP contribution >= 0.6 is 23.2 Å². The fraction of sp³-hybridized carbons (Fsp3) is 0.250. The molecule has 0 atom stereocenters. The SMILES string of the molecule is CCc1ccc(-n2nc(Cc3ccc(Cl)cc3Cl)c3c2NCC3)cc1. The summed E-state index contributed by atoms with van der Waals surface area (Å²) in [6.07, 6.45) is 2.74. The lowest BCUT2D eigenvalue weighted by Gasteiger charge is -2.07. The number of benzene rings is 2. The Morgan fingerprint density at radius 1 is 1.12 bits per heavy atom. The molecular formula is C20H19Cl2N3. The second kappa shape index (κ2) is 6.74. The van der Waals surface area contributed by atoms with E-state index in [0.717, 1.165) is 42.1 Å². The molecule has 1 aliphatic heterocycles. The molecule has 0 fully saturated rings. The maximum absolute atomic E-state index is 6.35. The van der Waals surface area contributed by atoms with Gasteiger partial charge in [-0.1, -0.05) is 48.3 Å². The molecule has 1 aliphatic rings. The Morgan fingerprint density at radius 3 is 2.64 bits per heavy atom. The summed E-state index contributed by atoms with van der Waals surface area (Å²) in [5, 5.41) is 9.69. The van der Waals surface area contributed by atoms with Crippen molar-refractivity contribution >= 4 is 29.0 Å². The van der Waals surface area contributed by atoms with Crippen LogP contribution in [-0.4, -0.2) is 16.3 Å². The van der Waals surface area contributed by atoms with Crippen LogP contribution in [-0.2, 0) is 19.3 Å². The third kappa shape index (κ3) is 3.14. The van der Waals surface area contributed by atoms with E-state index in [9.17, 15) is 0 Å². The van der Waals surface area contributed by atoms with Crippen molar-refractivity contribution < 1.29 is 0 Å². The summed E-state index contributed by atoms with van der Waals surface area (Å²) in [5.41, 5.74) is 5.81. The first-order chi connectivity index (χ1) is 12.2. The minimum atomic E-state index is 0.655. The van der Waals surface area contributed by atoms with Crippen LogP contribution in [0, 0.1) is 0 Å². The standard InChI is InChI=1S/C20H19Cl2N3/c1-2-13-3-7-16(8-4-13)25-20-17(9-10-23-20)19(24-25)11-14-5-6-15(21)12-18(14)22/h3-8,12,23H,2,9-11H2,1H3. The molecule has 0 aliphatic carbocycles. The zero-order valence-corrected chi connectivity index (χ0v) is 15.5. The minimum Gasteiger partial charge on any atom is -0.369 e. The van der Waals surface area contributed by atoms with Gasteiger partial charge in [-0.05, 0) is 48.2 Å². The summed E-state index contributed by atoms with van der Waals surface area (Å²) in [5.74, 6) is 1.10.